The van der Waals surface area contributed by atoms with E-state index in [1.165, 1.54) is 19.2 Å². The molecule has 0 aliphatic heterocycles. The summed E-state index contributed by atoms with van der Waals surface area (Å²) in [6.45, 7) is 1.01. The Labute approximate surface area is 217 Å². The Kier molecular flexibility index (Phi) is 7.21. The van der Waals surface area contributed by atoms with E-state index in [0.29, 0.717) is 3.97 Å². The van der Waals surface area contributed by atoms with Crippen LogP contribution in [-0.2, 0) is 22.7 Å². The zero-order valence-corrected chi connectivity index (χ0v) is 20.8. The molecule has 0 aliphatic carbocycles. The van der Waals surface area contributed by atoms with Gasteiger partial charge in [0.1, 0.15) is 23.2 Å². The molecule has 4 rings (SSSR count). The highest BCUT2D eigenvalue weighted by Crippen LogP contribution is 2.30. The van der Waals surface area contributed by atoms with E-state index in [2.05, 4.69) is 19.9 Å². The van der Waals surface area contributed by atoms with Crippen LogP contribution in [0.3, 0.4) is 0 Å². The Balaban J connectivity index is 1.66. The van der Waals surface area contributed by atoms with Crippen molar-refractivity contribution in [1.29, 1.82) is 0 Å². The summed E-state index contributed by atoms with van der Waals surface area (Å²) < 4.78 is 93.0. The smallest absolute Gasteiger partial charge is 0.382 e. The van der Waals surface area contributed by atoms with E-state index in [9.17, 15) is 30.4 Å². The summed E-state index contributed by atoms with van der Waals surface area (Å²) in [6.07, 6.45) is -1.56. The minimum atomic E-state index is -4.71. The maximum Gasteiger partial charge on any atom is 0.451 e. The van der Waals surface area contributed by atoms with Crippen LogP contribution < -0.4 is 5.73 Å². The summed E-state index contributed by atoms with van der Waals surface area (Å²) in [5.41, 5.74) is 6.18. The van der Waals surface area contributed by atoms with Gasteiger partial charge in [0, 0.05) is 35.8 Å². The first-order valence-electron chi connectivity index (χ1n) is 10.5. The van der Waals surface area contributed by atoms with Gasteiger partial charge in [-0.1, -0.05) is 11.6 Å². The number of amidine groups is 1. The van der Waals surface area contributed by atoms with Crippen molar-refractivity contribution < 1.29 is 30.4 Å². The zero-order chi connectivity index (χ0) is 27.8. The number of hydrogen-bond donors (Lipinski definition) is 1. The number of nitrogens with zero attached hydrogens (tertiary/aromatic N) is 5. The topological polar surface area (TPSA) is 116 Å². The van der Waals surface area contributed by atoms with Gasteiger partial charge in [0.25, 0.3) is 10.0 Å². The average molecular weight is 571 g/mol. The third-order valence-corrected chi connectivity index (χ3v) is 7.41. The number of rotatable bonds is 6. The van der Waals surface area contributed by atoms with Gasteiger partial charge in [0.05, 0.1) is 27.9 Å². The van der Waals surface area contributed by atoms with Crippen molar-refractivity contribution in [3.8, 4) is 11.1 Å². The first-order valence-corrected chi connectivity index (χ1v) is 12.3. The van der Waals surface area contributed by atoms with E-state index in [1.54, 1.807) is 0 Å². The molecule has 0 saturated carbocycles. The molecule has 198 valence electrons. The molecule has 0 aliphatic rings. The lowest BCUT2D eigenvalue weighted by molar-refractivity contribution is -0.144. The lowest BCUT2D eigenvalue weighted by Gasteiger charge is -2.12. The van der Waals surface area contributed by atoms with Gasteiger partial charge in [-0.3, -0.25) is 9.98 Å². The molecule has 15 heteroatoms. The quantitative estimate of drug-likeness (QED) is 0.203. The number of nitrogens with two attached hydrogens (primary N) is 1. The Morgan fingerprint density at radius 2 is 1.68 bits per heavy atom. The van der Waals surface area contributed by atoms with Crippen LogP contribution in [0.25, 0.3) is 11.1 Å². The van der Waals surface area contributed by atoms with E-state index in [1.807, 2.05) is 0 Å². The van der Waals surface area contributed by atoms with E-state index in [0.717, 1.165) is 42.7 Å². The Bertz CT molecular complexity index is 1640. The summed E-state index contributed by atoms with van der Waals surface area (Å²) in [4.78, 5) is 14.5. The number of halogens is 6. The minimum Gasteiger partial charge on any atom is -0.382 e. The summed E-state index contributed by atoms with van der Waals surface area (Å²) in [6, 6.07) is 6.28. The SMILES string of the molecule is Cc1c(F)cc(C(N)=NCc2cc(-c3cnc(C(F)(F)F)nc3)c(Cl)cn2)n1S(=O)(=O)c1ccc(F)cc1. The van der Waals surface area contributed by atoms with Gasteiger partial charge >= 0.3 is 6.18 Å². The second-order valence-corrected chi connectivity index (χ2v) is 10.0. The summed E-state index contributed by atoms with van der Waals surface area (Å²) in [7, 11) is -4.36. The molecule has 3 heterocycles. The van der Waals surface area contributed by atoms with Crippen molar-refractivity contribution in [3.63, 3.8) is 0 Å². The molecular weight excluding hydrogens is 555 g/mol. The molecule has 4 aromatic rings. The third-order valence-electron chi connectivity index (χ3n) is 5.29. The molecule has 0 spiro atoms. The first kappa shape index (κ1) is 27.1. The van der Waals surface area contributed by atoms with Crippen LogP contribution in [0.2, 0.25) is 5.02 Å². The lowest BCUT2D eigenvalue weighted by atomic mass is 10.1. The molecule has 0 bridgehead atoms. The Morgan fingerprint density at radius 3 is 2.29 bits per heavy atom. The minimum absolute atomic E-state index is 0.103. The fourth-order valence-corrected chi connectivity index (χ4v) is 5.17. The second-order valence-electron chi connectivity index (χ2n) is 7.84. The molecule has 2 N–H and O–H groups in total. The maximum absolute atomic E-state index is 14.5. The predicted molar refractivity (Wildman–Crippen MR) is 128 cm³/mol. The fraction of sp³-hybridized carbons (Fsp3) is 0.130. The average Bonchev–Trinajstić information content (AvgIpc) is 3.18. The number of aliphatic imine (C=N–C) groups is 1. The summed E-state index contributed by atoms with van der Waals surface area (Å²) >= 11 is 6.14. The van der Waals surface area contributed by atoms with Gasteiger partial charge in [0.15, 0.2) is 0 Å². The van der Waals surface area contributed by atoms with Crippen LogP contribution in [0, 0.1) is 18.6 Å². The van der Waals surface area contributed by atoms with Crippen molar-refractivity contribution in [3.05, 3.63) is 94.6 Å². The van der Waals surface area contributed by atoms with E-state index in [-0.39, 0.29) is 50.5 Å². The van der Waals surface area contributed by atoms with Gasteiger partial charge in [-0.15, -0.1) is 0 Å². The third kappa shape index (κ3) is 5.36. The normalized spacial score (nSPS) is 12.7. The van der Waals surface area contributed by atoms with Gasteiger partial charge in [-0.2, -0.15) is 13.2 Å². The molecule has 0 saturated heterocycles. The van der Waals surface area contributed by atoms with E-state index >= 15 is 0 Å². The standard InChI is InChI=1S/C23H16ClF5N6O2S/c1-12-19(26)7-20(35(12)38(36,37)16-4-2-14(25)3-5-16)21(30)32-10-15-6-17(18(24)11-31-15)13-8-33-22(34-9-13)23(27,28)29/h2-9,11H,10H2,1H3,(H2,30,32). The molecule has 0 atom stereocenters. The Hall–Kier alpha value is -3.91. The largest absolute Gasteiger partial charge is 0.451 e. The second kappa shape index (κ2) is 10.1. The fourth-order valence-electron chi connectivity index (χ4n) is 3.41. The highest BCUT2D eigenvalue weighted by Gasteiger charge is 2.34. The van der Waals surface area contributed by atoms with Gasteiger partial charge < -0.3 is 5.73 Å². The Morgan fingerprint density at radius 1 is 1.05 bits per heavy atom. The molecule has 0 fully saturated rings. The summed E-state index contributed by atoms with van der Waals surface area (Å²) in [5.74, 6) is -3.18. The number of aromatic nitrogens is 4. The van der Waals surface area contributed by atoms with Crippen molar-refractivity contribution in [1.82, 2.24) is 18.9 Å². The van der Waals surface area contributed by atoms with Crippen LogP contribution in [-0.4, -0.2) is 33.2 Å². The van der Waals surface area contributed by atoms with Crippen LogP contribution in [0.15, 0.2) is 64.9 Å². The van der Waals surface area contributed by atoms with Crippen molar-refractivity contribution in [2.45, 2.75) is 24.5 Å². The maximum atomic E-state index is 14.5. The highest BCUT2D eigenvalue weighted by atomic mass is 35.5. The zero-order valence-electron chi connectivity index (χ0n) is 19.2. The van der Waals surface area contributed by atoms with Crippen molar-refractivity contribution in [2.75, 3.05) is 0 Å². The molecule has 1 aromatic carbocycles. The van der Waals surface area contributed by atoms with E-state index in [4.69, 9.17) is 17.3 Å². The van der Waals surface area contributed by atoms with Crippen LogP contribution in [0.5, 0.6) is 0 Å². The number of alkyl halides is 3. The van der Waals surface area contributed by atoms with Crippen molar-refractivity contribution in [2.24, 2.45) is 10.7 Å². The molecule has 0 radical (unpaired) electrons. The predicted octanol–water partition coefficient (Wildman–Crippen LogP) is 4.74. The molecule has 8 nitrogen and oxygen atoms in total. The highest BCUT2D eigenvalue weighted by molar-refractivity contribution is 7.90. The lowest BCUT2D eigenvalue weighted by Crippen LogP contribution is -2.24. The van der Waals surface area contributed by atoms with E-state index < -0.39 is 33.7 Å². The van der Waals surface area contributed by atoms with Crippen LogP contribution >= 0.6 is 11.6 Å². The number of hydrogen-bond acceptors (Lipinski definition) is 6. The van der Waals surface area contributed by atoms with Crippen LogP contribution in [0.1, 0.15) is 22.9 Å². The van der Waals surface area contributed by atoms with Gasteiger partial charge in [-0.05, 0) is 37.3 Å². The molecular formula is C23H16ClF5N6O2S. The van der Waals surface area contributed by atoms with Gasteiger partial charge in [0.2, 0.25) is 5.82 Å². The van der Waals surface area contributed by atoms with Crippen molar-refractivity contribution >= 4 is 27.5 Å². The first-order chi connectivity index (χ1) is 17.8. The number of benzene rings is 1. The molecule has 0 unspecified atom stereocenters. The molecule has 0 amide bonds. The van der Waals surface area contributed by atoms with Crippen LogP contribution in [0.4, 0.5) is 22.0 Å². The monoisotopic (exact) mass is 570 g/mol. The molecule has 38 heavy (non-hydrogen) atoms. The number of pyridine rings is 1. The molecule has 3 aromatic heterocycles. The van der Waals surface area contributed by atoms with Gasteiger partial charge in [-0.25, -0.2) is 31.1 Å². The summed E-state index contributed by atoms with van der Waals surface area (Å²) in [5, 5.41) is 0.103.